The fraction of sp³-hybridized carbons (Fsp3) is 0.500. The number of halogens is 1. The van der Waals surface area contributed by atoms with Gasteiger partial charge in [-0.15, -0.1) is 0 Å². The second kappa shape index (κ2) is 4.20. The Morgan fingerprint density at radius 3 is 3.08 bits per heavy atom. The van der Waals surface area contributed by atoms with Crippen molar-refractivity contribution in [3.8, 4) is 0 Å². The fourth-order valence-corrected chi connectivity index (χ4v) is 1.26. The summed E-state index contributed by atoms with van der Waals surface area (Å²) in [6.07, 6.45) is 1.41. The molecule has 0 atom stereocenters. The number of amides is 1. The summed E-state index contributed by atoms with van der Waals surface area (Å²) >= 11 is 3.24. The number of carbonyl (C=O) groups is 1. The van der Waals surface area contributed by atoms with Crippen molar-refractivity contribution in [3.05, 3.63) is 11.9 Å². The van der Waals surface area contributed by atoms with E-state index in [0.29, 0.717) is 12.2 Å². The molecule has 1 aromatic rings. The first-order valence-electron chi connectivity index (χ1n) is 3.43. The van der Waals surface area contributed by atoms with E-state index in [4.69, 9.17) is 0 Å². The molecule has 5 nitrogen and oxygen atoms in total. The molecule has 0 unspecified atom stereocenters. The molecule has 6 heteroatoms. The average Bonchev–Trinajstić information content (AvgIpc) is 2.55. The van der Waals surface area contributed by atoms with Gasteiger partial charge in [0.1, 0.15) is 0 Å². The van der Waals surface area contributed by atoms with Gasteiger partial charge in [-0.3, -0.25) is 4.79 Å². The van der Waals surface area contributed by atoms with Crippen LogP contribution in [0.4, 0.5) is 0 Å². The number of aromatic amines is 1. The molecule has 1 amide bonds. The van der Waals surface area contributed by atoms with Gasteiger partial charge in [0.15, 0.2) is 5.69 Å². The summed E-state index contributed by atoms with van der Waals surface area (Å²) < 4.78 is 0. The molecule has 0 saturated heterocycles. The zero-order valence-corrected chi connectivity index (χ0v) is 8.21. The highest BCUT2D eigenvalue weighted by Gasteiger charge is 2.12. The van der Waals surface area contributed by atoms with Crippen molar-refractivity contribution in [2.75, 3.05) is 18.9 Å². The van der Waals surface area contributed by atoms with Gasteiger partial charge in [-0.2, -0.15) is 15.4 Å². The molecule has 0 saturated carbocycles. The number of nitrogens with zero attached hydrogens (tertiary/aromatic N) is 3. The Morgan fingerprint density at radius 2 is 2.58 bits per heavy atom. The van der Waals surface area contributed by atoms with Crippen molar-refractivity contribution in [2.45, 2.75) is 0 Å². The number of alkyl halides is 1. The lowest BCUT2D eigenvalue weighted by atomic mass is 10.4. The second-order valence-electron chi connectivity index (χ2n) is 2.27. The largest absolute Gasteiger partial charge is 0.339 e. The van der Waals surface area contributed by atoms with Crippen LogP contribution in [0.3, 0.4) is 0 Å². The summed E-state index contributed by atoms with van der Waals surface area (Å²) in [6.45, 7) is 0.658. The highest BCUT2D eigenvalue weighted by molar-refractivity contribution is 9.09. The lowest BCUT2D eigenvalue weighted by molar-refractivity contribution is 0.0798. The van der Waals surface area contributed by atoms with E-state index in [9.17, 15) is 4.79 Å². The highest BCUT2D eigenvalue weighted by atomic mass is 79.9. The van der Waals surface area contributed by atoms with E-state index in [1.807, 2.05) is 0 Å². The Bertz CT molecular complexity index is 248. The van der Waals surface area contributed by atoms with E-state index in [0.717, 1.165) is 5.33 Å². The summed E-state index contributed by atoms with van der Waals surface area (Å²) in [6, 6.07) is 0. The molecule has 0 spiro atoms. The van der Waals surface area contributed by atoms with Gasteiger partial charge in [-0.05, 0) is 0 Å². The summed E-state index contributed by atoms with van der Waals surface area (Å²) in [5.74, 6) is -0.122. The molecule has 0 fully saturated rings. The van der Waals surface area contributed by atoms with E-state index < -0.39 is 0 Å². The standard InChI is InChI=1S/C6H9BrN4O/c1-11(3-2-7)6(12)5-4-8-10-9-5/h4H,2-3H2,1H3,(H,8,9,10). The zero-order valence-electron chi connectivity index (χ0n) is 6.62. The van der Waals surface area contributed by atoms with Crippen molar-refractivity contribution in [3.63, 3.8) is 0 Å². The van der Waals surface area contributed by atoms with Gasteiger partial charge in [-0.1, -0.05) is 15.9 Å². The summed E-state index contributed by atoms with van der Waals surface area (Å²) in [7, 11) is 1.72. The maximum atomic E-state index is 11.4. The molecule has 0 aromatic carbocycles. The first-order chi connectivity index (χ1) is 5.75. The third-order valence-corrected chi connectivity index (χ3v) is 1.76. The Labute approximate surface area is 78.3 Å². The SMILES string of the molecule is CN(CCBr)C(=O)c1cn[nH]n1. The maximum absolute atomic E-state index is 11.4. The number of carbonyl (C=O) groups excluding carboxylic acids is 1. The first-order valence-corrected chi connectivity index (χ1v) is 4.55. The second-order valence-corrected chi connectivity index (χ2v) is 3.06. The van der Waals surface area contributed by atoms with Gasteiger partial charge < -0.3 is 4.90 Å². The minimum absolute atomic E-state index is 0.122. The molecule has 0 aliphatic carbocycles. The molecule has 1 N–H and O–H groups in total. The zero-order chi connectivity index (χ0) is 8.97. The van der Waals surface area contributed by atoms with Crippen LogP contribution in [0.2, 0.25) is 0 Å². The molecule has 0 aliphatic heterocycles. The number of hydrogen-bond acceptors (Lipinski definition) is 3. The number of nitrogens with one attached hydrogen (secondary N) is 1. The summed E-state index contributed by atoms with van der Waals surface area (Å²) in [5, 5.41) is 10.4. The first kappa shape index (κ1) is 9.18. The van der Waals surface area contributed by atoms with E-state index in [1.165, 1.54) is 6.20 Å². The molecule has 0 radical (unpaired) electrons. The quantitative estimate of drug-likeness (QED) is 0.762. The van der Waals surface area contributed by atoms with Gasteiger partial charge in [0, 0.05) is 18.9 Å². The Hall–Kier alpha value is -0.910. The van der Waals surface area contributed by atoms with Crippen molar-refractivity contribution in [1.82, 2.24) is 20.3 Å². The van der Waals surface area contributed by atoms with Crippen LogP contribution in [0.25, 0.3) is 0 Å². The van der Waals surface area contributed by atoms with Crippen LogP contribution in [0.1, 0.15) is 10.5 Å². The van der Waals surface area contributed by atoms with Gasteiger partial charge in [0.25, 0.3) is 5.91 Å². The summed E-state index contributed by atoms with van der Waals surface area (Å²) in [5.41, 5.74) is 0.346. The molecular formula is C6H9BrN4O. The van der Waals surface area contributed by atoms with Gasteiger partial charge in [-0.25, -0.2) is 0 Å². The monoisotopic (exact) mass is 232 g/mol. The Morgan fingerprint density at radius 1 is 1.83 bits per heavy atom. The number of hydrogen-bond donors (Lipinski definition) is 1. The topological polar surface area (TPSA) is 61.9 Å². The van der Waals surface area contributed by atoms with Crippen LogP contribution in [-0.2, 0) is 0 Å². The van der Waals surface area contributed by atoms with Gasteiger partial charge >= 0.3 is 0 Å². The Balaban J connectivity index is 2.59. The third kappa shape index (κ3) is 2.04. The van der Waals surface area contributed by atoms with Crippen LogP contribution < -0.4 is 0 Å². The van der Waals surface area contributed by atoms with Gasteiger partial charge in [0.2, 0.25) is 0 Å². The van der Waals surface area contributed by atoms with Crippen LogP contribution in [-0.4, -0.2) is 45.1 Å². The van der Waals surface area contributed by atoms with Crippen molar-refractivity contribution in [1.29, 1.82) is 0 Å². The highest BCUT2D eigenvalue weighted by Crippen LogP contribution is 1.96. The molecule has 0 bridgehead atoms. The molecule has 1 aromatic heterocycles. The number of rotatable bonds is 3. The van der Waals surface area contributed by atoms with Crippen molar-refractivity contribution >= 4 is 21.8 Å². The number of aromatic nitrogens is 3. The van der Waals surface area contributed by atoms with E-state index in [2.05, 4.69) is 31.3 Å². The van der Waals surface area contributed by atoms with Crippen molar-refractivity contribution < 1.29 is 4.79 Å². The normalized spacial score (nSPS) is 9.83. The van der Waals surface area contributed by atoms with Crippen molar-refractivity contribution in [2.24, 2.45) is 0 Å². The minimum Gasteiger partial charge on any atom is -0.339 e. The van der Waals surface area contributed by atoms with Crippen LogP contribution in [0, 0.1) is 0 Å². The smallest absolute Gasteiger partial charge is 0.275 e. The van der Waals surface area contributed by atoms with Crippen LogP contribution in [0.15, 0.2) is 6.20 Å². The predicted octanol–water partition coefficient (Wildman–Crippen LogP) is 0.272. The van der Waals surface area contributed by atoms with E-state index in [1.54, 1.807) is 11.9 Å². The predicted molar refractivity (Wildman–Crippen MR) is 47.1 cm³/mol. The molecular weight excluding hydrogens is 224 g/mol. The molecule has 12 heavy (non-hydrogen) atoms. The summed E-state index contributed by atoms with van der Waals surface area (Å²) in [4.78, 5) is 13.0. The fourth-order valence-electron chi connectivity index (χ4n) is 0.729. The average molecular weight is 233 g/mol. The van der Waals surface area contributed by atoms with Crippen LogP contribution >= 0.6 is 15.9 Å². The molecule has 66 valence electrons. The molecule has 1 heterocycles. The lowest BCUT2D eigenvalue weighted by Crippen LogP contribution is -2.28. The van der Waals surface area contributed by atoms with Gasteiger partial charge in [0.05, 0.1) is 6.20 Å². The maximum Gasteiger partial charge on any atom is 0.275 e. The molecule has 0 aliphatic rings. The minimum atomic E-state index is -0.122. The molecule has 1 rings (SSSR count). The number of H-pyrrole nitrogens is 1. The van der Waals surface area contributed by atoms with E-state index >= 15 is 0 Å². The third-order valence-electron chi connectivity index (χ3n) is 1.40. The lowest BCUT2D eigenvalue weighted by Gasteiger charge is -2.12. The Kier molecular flexibility index (Phi) is 3.21. The van der Waals surface area contributed by atoms with Crippen LogP contribution in [0.5, 0.6) is 0 Å². The van der Waals surface area contributed by atoms with E-state index in [-0.39, 0.29) is 5.91 Å².